The number of carbonyl (C=O) groups is 2. The van der Waals surface area contributed by atoms with E-state index in [2.05, 4.69) is 28.2 Å². The van der Waals surface area contributed by atoms with E-state index in [9.17, 15) is 9.59 Å². The van der Waals surface area contributed by atoms with Crippen molar-refractivity contribution < 1.29 is 19.1 Å². The van der Waals surface area contributed by atoms with Gasteiger partial charge in [0.05, 0.1) is 13.7 Å². The third-order valence-corrected chi connectivity index (χ3v) is 6.70. The number of halogens is 1. The molecule has 1 N–H and O–H groups in total. The highest BCUT2D eigenvalue weighted by Gasteiger charge is 2.30. The molecule has 0 unspecified atom stereocenters. The number of amides is 2. The largest absolute Gasteiger partial charge is 0.497 e. The molecule has 0 bridgehead atoms. The van der Waals surface area contributed by atoms with Crippen LogP contribution in [0, 0.1) is 0 Å². The number of unbranched alkanes of at least 4 members (excludes halogenated alkanes) is 1. The third-order valence-electron chi connectivity index (χ3n) is 6.21. The first-order valence-corrected chi connectivity index (χ1v) is 13.9. The predicted molar refractivity (Wildman–Crippen MR) is 154 cm³/mol. The van der Waals surface area contributed by atoms with E-state index in [0.717, 1.165) is 39.9 Å². The van der Waals surface area contributed by atoms with Crippen LogP contribution in [0.4, 0.5) is 0 Å². The molecule has 202 valence electrons. The minimum absolute atomic E-state index is 0.0742. The first-order valence-electron chi connectivity index (χ1n) is 13.1. The van der Waals surface area contributed by atoms with Crippen molar-refractivity contribution in [3.05, 3.63) is 94.5 Å². The van der Waals surface area contributed by atoms with Gasteiger partial charge in [-0.1, -0.05) is 71.7 Å². The van der Waals surface area contributed by atoms with Gasteiger partial charge >= 0.3 is 0 Å². The first kappa shape index (κ1) is 29.2. The van der Waals surface area contributed by atoms with Gasteiger partial charge in [-0.25, -0.2) is 0 Å². The van der Waals surface area contributed by atoms with Crippen LogP contribution in [0.3, 0.4) is 0 Å². The molecule has 0 saturated carbocycles. The topological polar surface area (TPSA) is 67.9 Å². The molecule has 0 radical (unpaired) electrons. The van der Waals surface area contributed by atoms with Crippen molar-refractivity contribution in [2.75, 3.05) is 20.3 Å². The smallest absolute Gasteiger partial charge is 0.243 e. The number of benzene rings is 3. The summed E-state index contributed by atoms with van der Waals surface area (Å²) in [5, 5.41) is 3.06. The van der Waals surface area contributed by atoms with Crippen molar-refractivity contribution >= 4 is 27.7 Å². The summed E-state index contributed by atoms with van der Waals surface area (Å²) in [5.74, 6) is 1.29. The highest BCUT2D eigenvalue weighted by atomic mass is 79.9. The standard InChI is InChI=1S/C31H37BrN2O4/c1-3-4-19-33-31(36)29(22-24-10-6-5-7-11-24)34(23-25-12-8-13-26(32)21-25)30(35)14-9-20-38-28-17-15-27(37-2)16-18-28/h5-8,10-13,15-18,21,29H,3-4,9,14,19-20,22-23H2,1-2H3,(H,33,36)/t29-/m0/s1. The van der Waals surface area contributed by atoms with Gasteiger partial charge in [-0.05, 0) is 60.4 Å². The molecule has 0 aliphatic heterocycles. The summed E-state index contributed by atoms with van der Waals surface area (Å²) in [6.07, 6.45) is 3.14. The Balaban J connectivity index is 1.75. The second kappa shape index (κ2) is 15.8. The summed E-state index contributed by atoms with van der Waals surface area (Å²) in [6.45, 7) is 3.42. The molecule has 0 spiro atoms. The summed E-state index contributed by atoms with van der Waals surface area (Å²) in [4.78, 5) is 28.8. The zero-order valence-corrected chi connectivity index (χ0v) is 23.8. The maximum absolute atomic E-state index is 13.7. The fraction of sp³-hybridized carbons (Fsp3) is 0.355. The summed E-state index contributed by atoms with van der Waals surface area (Å²) in [7, 11) is 1.62. The zero-order valence-electron chi connectivity index (χ0n) is 22.2. The molecule has 0 aliphatic rings. The average Bonchev–Trinajstić information content (AvgIpc) is 2.94. The number of rotatable bonds is 15. The molecule has 0 saturated heterocycles. The number of nitrogens with zero attached hydrogens (tertiary/aromatic N) is 1. The van der Waals surface area contributed by atoms with Crippen molar-refractivity contribution in [2.45, 2.75) is 51.6 Å². The Morgan fingerprint density at radius 1 is 0.921 bits per heavy atom. The molecule has 38 heavy (non-hydrogen) atoms. The Morgan fingerprint density at radius 2 is 1.63 bits per heavy atom. The summed E-state index contributed by atoms with van der Waals surface area (Å²) >= 11 is 3.53. The van der Waals surface area contributed by atoms with E-state index in [4.69, 9.17) is 9.47 Å². The van der Waals surface area contributed by atoms with Crippen molar-refractivity contribution in [3.8, 4) is 11.5 Å². The highest BCUT2D eigenvalue weighted by molar-refractivity contribution is 9.10. The molecule has 6 nitrogen and oxygen atoms in total. The van der Waals surface area contributed by atoms with Crippen LogP contribution in [-0.4, -0.2) is 43.0 Å². The summed E-state index contributed by atoms with van der Waals surface area (Å²) in [6, 6.07) is 24.5. The summed E-state index contributed by atoms with van der Waals surface area (Å²) < 4.78 is 11.9. The quantitative estimate of drug-likeness (QED) is 0.218. The Hall–Kier alpha value is -3.32. The minimum Gasteiger partial charge on any atom is -0.497 e. The molecule has 0 aromatic heterocycles. The Kier molecular flexibility index (Phi) is 12.2. The Bertz CT molecular complexity index is 1140. The van der Waals surface area contributed by atoms with E-state index in [0.29, 0.717) is 32.5 Å². The van der Waals surface area contributed by atoms with Gasteiger partial charge in [-0.15, -0.1) is 0 Å². The van der Waals surface area contributed by atoms with Gasteiger partial charge < -0.3 is 19.7 Å². The molecule has 7 heteroatoms. The number of nitrogens with one attached hydrogen (secondary N) is 1. The Morgan fingerprint density at radius 3 is 2.32 bits per heavy atom. The molecule has 3 aromatic carbocycles. The third kappa shape index (κ3) is 9.53. The van der Waals surface area contributed by atoms with Gasteiger partial charge in [0.25, 0.3) is 0 Å². The minimum atomic E-state index is -0.622. The maximum Gasteiger partial charge on any atom is 0.243 e. The number of ether oxygens (including phenoxy) is 2. The van der Waals surface area contributed by atoms with Crippen LogP contribution >= 0.6 is 15.9 Å². The number of hydrogen-bond donors (Lipinski definition) is 1. The Labute approximate surface area is 234 Å². The van der Waals surface area contributed by atoms with Gasteiger partial charge in [-0.2, -0.15) is 0 Å². The van der Waals surface area contributed by atoms with Gasteiger partial charge in [0.15, 0.2) is 0 Å². The average molecular weight is 582 g/mol. The molecular weight excluding hydrogens is 544 g/mol. The summed E-state index contributed by atoms with van der Waals surface area (Å²) in [5.41, 5.74) is 1.97. The fourth-order valence-corrected chi connectivity index (χ4v) is 4.57. The van der Waals surface area contributed by atoms with Gasteiger partial charge in [0.2, 0.25) is 11.8 Å². The van der Waals surface area contributed by atoms with E-state index in [-0.39, 0.29) is 18.2 Å². The molecule has 2 amide bonds. The van der Waals surface area contributed by atoms with Crippen molar-refractivity contribution in [3.63, 3.8) is 0 Å². The van der Waals surface area contributed by atoms with Gasteiger partial charge in [0, 0.05) is 30.4 Å². The van der Waals surface area contributed by atoms with Crippen LogP contribution < -0.4 is 14.8 Å². The lowest BCUT2D eigenvalue weighted by atomic mass is 10.0. The zero-order chi connectivity index (χ0) is 27.2. The SMILES string of the molecule is CCCCNC(=O)[C@H](Cc1ccccc1)N(Cc1cccc(Br)c1)C(=O)CCCOc1ccc(OC)cc1. The maximum atomic E-state index is 13.7. The molecular formula is C31H37BrN2O4. The van der Waals surface area contributed by atoms with E-state index in [1.165, 1.54) is 0 Å². The van der Waals surface area contributed by atoms with Crippen molar-refractivity contribution in [2.24, 2.45) is 0 Å². The van der Waals surface area contributed by atoms with Crippen LogP contribution in [0.1, 0.15) is 43.7 Å². The van der Waals surface area contributed by atoms with Crippen LogP contribution in [0.15, 0.2) is 83.3 Å². The van der Waals surface area contributed by atoms with E-state index < -0.39 is 6.04 Å². The van der Waals surface area contributed by atoms with Crippen molar-refractivity contribution in [1.82, 2.24) is 10.2 Å². The lowest BCUT2D eigenvalue weighted by Gasteiger charge is -2.31. The fourth-order valence-electron chi connectivity index (χ4n) is 4.12. The van der Waals surface area contributed by atoms with E-state index in [1.807, 2.05) is 78.9 Å². The van der Waals surface area contributed by atoms with Crippen LogP contribution in [0.2, 0.25) is 0 Å². The van der Waals surface area contributed by atoms with E-state index >= 15 is 0 Å². The highest BCUT2D eigenvalue weighted by Crippen LogP contribution is 2.20. The van der Waals surface area contributed by atoms with Gasteiger partial charge in [-0.3, -0.25) is 9.59 Å². The molecule has 0 heterocycles. The molecule has 3 rings (SSSR count). The van der Waals surface area contributed by atoms with Crippen LogP contribution in [0.25, 0.3) is 0 Å². The molecule has 0 aliphatic carbocycles. The lowest BCUT2D eigenvalue weighted by molar-refractivity contribution is -0.141. The first-order chi connectivity index (χ1) is 18.5. The lowest BCUT2D eigenvalue weighted by Crippen LogP contribution is -2.50. The second-order valence-electron chi connectivity index (χ2n) is 9.13. The predicted octanol–water partition coefficient (Wildman–Crippen LogP) is 6.17. The van der Waals surface area contributed by atoms with Crippen molar-refractivity contribution in [1.29, 1.82) is 0 Å². The van der Waals surface area contributed by atoms with Crippen LogP contribution in [-0.2, 0) is 22.6 Å². The molecule has 0 fully saturated rings. The molecule has 1 atom stereocenters. The molecule has 3 aromatic rings. The number of methoxy groups -OCH3 is 1. The normalized spacial score (nSPS) is 11.4. The number of carbonyl (C=O) groups excluding carboxylic acids is 2. The van der Waals surface area contributed by atoms with Gasteiger partial charge in [0.1, 0.15) is 17.5 Å². The second-order valence-corrected chi connectivity index (χ2v) is 10.0. The monoisotopic (exact) mass is 580 g/mol. The van der Waals surface area contributed by atoms with Crippen LogP contribution in [0.5, 0.6) is 11.5 Å². The van der Waals surface area contributed by atoms with E-state index in [1.54, 1.807) is 12.0 Å². The number of hydrogen-bond acceptors (Lipinski definition) is 4.